The summed E-state index contributed by atoms with van der Waals surface area (Å²) in [5.74, 6) is 2.09. The van der Waals surface area contributed by atoms with Crippen molar-refractivity contribution in [3.05, 3.63) is 18.1 Å². The standard InChI is InChI=1S/C13H22N4/c1-3-4-5-12-14-7-6-13(15-12)17-10-8-16(2)9-11-17/h6-7H,3-5,8-11H2,1-2H3. The molecule has 1 fully saturated rings. The molecule has 0 N–H and O–H groups in total. The van der Waals surface area contributed by atoms with E-state index in [1.54, 1.807) is 0 Å². The molecule has 0 radical (unpaired) electrons. The highest BCUT2D eigenvalue weighted by Crippen LogP contribution is 2.13. The van der Waals surface area contributed by atoms with Crippen LogP contribution in [-0.4, -0.2) is 48.1 Å². The summed E-state index contributed by atoms with van der Waals surface area (Å²) in [5.41, 5.74) is 0. The lowest BCUT2D eigenvalue weighted by Crippen LogP contribution is -2.44. The maximum Gasteiger partial charge on any atom is 0.132 e. The Hall–Kier alpha value is -1.16. The summed E-state index contributed by atoms with van der Waals surface area (Å²) in [7, 11) is 2.17. The topological polar surface area (TPSA) is 32.3 Å². The van der Waals surface area contributed by atoms with Crippen molar-refractivity contribution in [2.75, 3.05) is 38.1 Å². The van der Waals surface area contributed by atoms with E-state index in [1.807, 2.05) is 12.3 Å². The first-order valence-electron chi connectivity index (χ1n) is 6.55. The van der Waals surface area contributed by atoms with Crippen LogP contribution in [-0.2, 0) is 6.42 Å². The average molecular weight is 234 g/mol. The summed E-state index contributed by atoms with van der Waals surface area (Å²) in [5, 5.41) is 0. The highest BCUT2D eigenvalue weighted by atomic mass is 15.3. The molecule has 1 aliphatic rings. The van der Waals surface area contributed by atoms with E-state index in [-0.39, 0.29) is 0 Å². The predicted octanol–water partition coefficient (Wildman–Crippen LogP) is 1.57. The third-order valence-corrected chi connectivity index (χ3v) is 3.27. The normalized spacial score (nSPS) is 17.4. The van der Waals surface area contributed by atoms with E-state index in [0.29, 0.717) is 0 Å². The summed E-state index contributed by atoms with van der Waals surface area (Å²) in [6.45, 7) is 6.58. The van der Waals surface area contributed by atoms with Crippen LogP contribution >= 0.6 is 0 Å². The van der Waals surface area contributed by atoms with E-state index < -0.39 is 0 Å². The molecule has 4 nitrogen and oxygen atoms in total. The summed E-state index contributed by atoms with van der Waals surface area (Å²) >= 11 is 0. The molecule has 0 saturated carbocycles. The lowest BCUT2D eigenvalue weighted by molar-refractivity contribution is 0.312. The van der Waals surface area contributed by atoms with E-state index in [1.165, 1.54) is 12.8 Å². The van der Waals surface area contributed by atoms with Crippen molar-refractivity contribution in [3.8, 4) is 0 Å². The Labute approximate surface area is 104 Å². The molecule has 0 aliphatic carbocycles. The van der Waals surface area contributed by atoms with Crippen molar-refractivity contribution >= 4 is 5.82 Å². The van der Waals surface area contributed by atoms with Gasteiger partial charge in [0.15, 0.2) is 0 Å². The maximum absolute atomic E-state index is 4.66. The largest absolute Gasteiger partial charge is 0.354 e. The number of aryl methyl sites for hydroxylation is 1. The lowest BCUT2D eigenvalue weighted by Gasteiger charge is -2.33. The van der Waals surface area contributed by atoms with E-state index in [2.05, 4.69) is 33.7 Å². The molecule has 17 heavy (non-hydrogen) atoms. The van der Waals surface area contributed by atoms with Gasteiger partial charge in [0.25, 0.3) is 0 Å². The van der Waals surface area contributed by atoms with Crippen molar-refractivity contribution in [3.63, 3.8) is 0 Å². The minimum Gasteiger partial charge on any atom is -0.354 e. The first-order valence-corrected chi connectivity index (χ1v) is 6.55. The first kappa shape index (κ1) is 12.3. The minimum atomic E-state index is 0.989. The summed E-state index contributed by atoms with van der Waals surface area (Å²) in [6, 6.07) is 2.03. The first-order chi connectivity index (χ1) is 8.29. The molecule has 0 atom stereocenters. The molecule has 0 spiro atoms. The molecule has 1 aromatic rings. The van der Waals surface area contributed by atoms with Crippen LogP contribution in [0.15, 0.2) is 12.3 Å². The Morgan fingerprint density at radius 2 is 2.00 bits per heavy atom. The van der Waals surface area contributed by atoms with Crippen molar-refractivity contribution in [2.24, 2.45) is 0 Å². The monoisotopic (exact) mass is 234 g/mol. The molecule has 2 rings (SSSR count). The van der Waals surface area contributed by atoms with Crippen LogP contribution in [0.3, 0.4) is 0 Å². The van der Waals surface area contributed by atoms with Crippen LogP contribution in [0.4, 0.5) is 5.82 Å². The molecule has 94 valence electrons. The van der Waals surface area contributed by atoms with Crippen LogP contribution in [0.25, 0.3) is 0 Å². The molecule has 0 aromatic carbocycles. The number of nitrogens with zero attached hydrogens (tertiary/aromatic N) is 4. The molecule has 1 aliphatic heterocycles. The van der Waals surface area contributed by atoms with Crippen LogP contribution in [0.2, 0.25) is 0 Å². The molecule has 2 heterocycles. The molecule has 0 amide bonds. The third kappa shape index (κ3) is 3.40. The van der Waals surface area contributed by atoms with E-state index >= 15 is 0 Å². The maximum atomic E-state index is 4.66. The Bertz CT molecular complexity index is 345. The number of anilines is 1. The predicted molar refractivity (Wildman–Crippen MR) is 70.4 cm³/mol. The molecule has 0 bridgehead atoms. The van der Waals surface area contributed by atoms with E-state index in [0.717, 1.165) is 44.2 Å². The molecular weight excluding hydrogens is 212 g/mol. The van der Waals surface area contributed by atoms with Crippen LogP contribution in [0, 0.1) is 0 Å². The molecular formula is C13H22N4. The second-order valence-corrected chi connectivity index (χ2v) is 4.72. The highest BCUT2D eigenvalue weighted by molar-refractivity contribution is 5.38. The molecule has 0 unspecified atom stereocenters. The SMILES string of the molecule is CCCCc1nccc(N2CCN(C)CC2)n1. The zero-order valence-electron chi connectivity index (χ0n) is 10.9. The van der Waals surface area contributed by atoms with Crippen LogP contribution in [0.5, 0.6) is 0 Å². The smallest absolute Gasteiger partial charge is 0.132 e. The zero-order chi connectivity index (χ0) is 12.1. The number of hydrogen-bond donors (Lipinski definition) is 0. The van der Waals surface area contributed by atoms with Crippen molar-refractivity contribution in [2.45, 2.75) is 26.2 Å². The van der Waals surface area contributed by atoms with Gasteiger partial charge in [-0.05, 0) is 19.5 Å². The van der Waals surface area contributed by atoms with Gasteiger partial charge in [-0.2, -0.15) is 0 Å². The molecule has 1 aromatic heterocycles. The van der Waals surface area contributed by atoms with Gasteiger partial charge in [0.1, 0.15) is 11.6 Å². The number of piperazine rings is 1. The fourth-order valence-electron chi connectivity index (χ4n) is 2.06. The fourth-order valence-corrected chi connectivity index (χ4v) is 2.06. The van der Waals surface area contributed by atoms with Gasteiger partial charge in [-0.1, -0.05) is 13.3 Å². The van der Waals surface area contributed by atoms with Gasteiger partial charge in [0.2, 0.25) is 0 Å². The van der Waals surface area contributed by atoms with Crippen LogP contribution in [0.1, 0.15) is 25.6 Å². The van der Waals surface area contributed by atoms with Gasteiger partial charge in [-0.25, -0.2) is 9.97 Å². The average Bonchev–Trinajstić information content (AvgIpc) is 2.37. The second kappa shape index (κ2) is 5.96. The number of aromatic nitrogens is 2. The fraction of sp³-hybridized carbons (Fsp3) is 0.692. The van der Waals surface area contributed by atoms with Crippen molar-refractivity contribution in [1.29, 1.82) is 0 Å². The number of rotatable bonds is 4. The minimum absolute atomic E-state index is 0.989. The van der Waals surface area contributed by atoms with Crippen molar-refractivity contribution in [1.82, 2.24) is 14.9 Å². The molecule has 1 saturated heterocycles. The van der Waals surface area contributed by atoms with Crippen LogP contribution < -0.4 is 4.90 Å². The Balaban J connectivity index is 2.00. The van der Waals surface area contributed by atoms with Gasteiger partial charge in [-0.15, -0.1) is 0 Å². The summed E-state index contributed by atoms with van der Waals surface area (Å²) in [6.07, 6.45) is 5.26. The third-order valence-electron chi connectivity index (χ3n) is 3.27. The Kier molecular flexibility index (Phi) is 4.31. The Morgan fingerprint density at radius 3 is 2.71 bits per heavy atom. The number of likely N-dealkylation sites (N-methyl/N-ethyl adjacent to an activating group) is 1. The Morgan fingerprint density at radius 1 is 1.24 bits per heavy atom. The zero-order valence-corrected chi connectivity index (χ0v) is 10.9. The van der Waals surface area contributed by atoms with Gasteiger partial charge in [0.05, 0.1) is 0 Å². The van der Waals surface area contributed by atoms with Gasteiger partial charge in [-0.3, -0.25) is 0 Å². The summed E-state index contributed by atoms with van der Waals surface area (Å²) < 4.78 is 0. The van der Waals surface area contributed by atoms with Crippen molar-refractivity contribution < 1.29 is 0 Å². The second-order valence-electron chi connectivity index (χ2n) is 4.72. The molecule has 4 heteroatoms. The van der Waals surface area contributed by atoms with E-state index in [4.69, 9.17) is 0 Å². The van der Waals surface area contributed by atoms with Gasteiger partial charge < -0.3 is 9.80 Å². The quantitative estimate of drug-likeness (QED) is 0.791. The van der Waals surface area contributed by atoms with Gasteiger partial charge >= 0.3 is 0 Å². The number of unbranched alkanes of at least 4 members (excludes halogenated alkanes) is 1. The van der Waals surface area contributed by atoms with E-state index in [9.17, 15) is 0 Å². The number of hydrogen-bond acceptors (Lipinski definition) is 4. The highest BCUT2D eigenvalue weighted by Gasteiger charge is 2.15. The summed E-state index contributed by atoms with van der Waals surface area (Å²) in [4.78, 5) is 13.7. The lowest BCUT2D eigenvalue weighted by atomic mass is 10.2. The van der Waals surface area contributed by atoms with Gasteiger partial charge in [0, 0.05) is 38.8 Å².